The van der Waals surface area contributed by atoms with E-state index in [4.69, 9.17) is 16.3 Å². The number of ether oxygens (including phenoxy) is 1. The highest BCUT2D eigenvalue weighted by Gasteiger charge is 2.12. The minimum Gasteiger partial charge on any atom is -0.507 e. The maximum atomic E-state index is 11.8. The molecular formula is C12H16ClNO3. The second kappa shape index (κ2) is 6.47. The van der Waals surface area contributed by atoms with Crippen LogP contribution in [0.25, 0.3) is 0 Å². The van der Waals surface area contributed by atoms with Gasteiger partial charge in [0.05, 0.1) is 12.2 Å². The lowest BCUT2D eigenvalue weighted by Gasteiger charge is -2.12. The Bertz CT molecular complexity index is 395. The third-order valence-corrected chi connectivity index (χ3v) is 2.50. The summed E-state index contributed by atoms with van der Waals surface area (Å²) in [5, 5.41) is 12.7. The molecule has 0 saturated heterocycles. The van der Waals surface area contributed by atoms with E-state index < -0.39 is 0 Å². The van der Waals surface area contributed by atoms with E-state index in [1.807, 2.05) is 6.92 Å². The zero-order chi connectivity index (χ0) is 12.8. The van der Waals surface area contributed by atoms with Gasteiger partial charge in [0.2, 0.25) is 0 Å². The van der Waals surface area contributed by atoms with Crippen molar-refractivity contribution >= 4 is 17.5 Å². The molecule has 0 aliphatic carbocycles. The molecule has 1 aromatic carbocycles. The number of halogens is 1. The first-order valence-corrected chi connectivity index (χ1v) is 5.68. The fourth-order valence-electron chi connectivity index (χ4n) is 1.40. The summed E-state index contributed by atoms with van der Waals surface area (Å²) in [6.07, 6.45) is 0. The molecule has 0 spiro atoms. The molecule has 2 N–H and O–H groups in total. The van der Waals surface area contributed by atoms with Gasteiger partial charge in [-0.15, -0.1) is 0 Å². The van der Waals surface area contributed by atoms with Crippen LogP contribution in [-0.2, 0) is 4.74 Å². The van der Waals surface area contributed by atoms with Gasteiger partial charge >= 0.3 is 0 Å². The Labute approximate surface area is 106 Å². The lowest BCUT2D eigenvalue weighted by atomic mass is 10.1. The summed E-state index contributed by atoms with van der Waals surface area (Å²) >= 11 is 5.76. The van der Waals surface area contributed by atoms with Crippen molar-refractivity contribution in [2.24, 2.45) is 5.92 Å². The van der Waals surface area contributed by atoms with Crippen LogP contribution in [0.2, 0.25) is 5.02 Å². The minimum absolute atomic E-state index is 0.0775. The highest BCUT2D eigenvalue weighted by molar-refractivity contribution is 6.31. The molecule has 5 heteroatoms. The lowest BCUT2D eigenvalue weighted by molar-refractivity contribution is 0.0931. The van der Waals surface area contributed by atoms with Crippen molar-refractivity contribution in [2.45, 2.75) is 6.92 Å². The number of carbonyl (C=O) groups excluding carboxylic acids is 1. The summed E-state index contributed by atoms with van der Waals surface area (Å²) in [6, 6.07) is 4.37. The maximum absolute atomic E-state index is 11.8. The van der Waals surface area contributed by atoms with Crippen molar-refractivity contribution in [1.29, 1.82) is 0 Å². The molecule has 0 bridgehead atoms. The first kappa shape index (κ1) is 13.8. The van der Waals surface area contributed by atoms with E-state index in [9.17, 15) is 9.90 Å². The van der Waals surface area contributed by atoms with Crippen molar-refractivity contribution in [3.05, 3.63) is 28.8 Å². The summed E-state index contributed by atoms with van der Waals surface area (Å²) < 4.78 is 4.96. The van der Waals surface area contributed by atoms with Gasteiger partial charge in [-0.3, -0.25) is 4.79 Å². The fraction of sp³-hybridized carbons (Fsp3) is 0.417. The second-order valence-electron chi connectivity index (χ2n) is 3.93. The van der Waals surface area contributed by atoms with E-state index in [2.05, 4.69) is 5.32 Å². The van der Waals surface area contributed by atoms with E-state index in [0.717, 1.165) is 0 Å². The van der Waals surface area contributed by atoms with Gasteiger partial charge in [0.1, 0.15) is 5.75 Å². The van der Waals surface area contributed by atoms with E-state index in [1.165, 1.54) is 18.2 Å². The molecule has 0 aromatic heterocycles. The number of phenolic OH excluding ortho intramolecular Hbond substituents is 1. The third-order valence-electron chi connectivity index (χ3n) is 2.27. The Morgan fingerprint density at radius 1 is 1.59 bits per heavy atom. The van der Waals surface area contributed by atoms with Crippen LogP contribution in [0, 0.1) is 5.92 Å². The number of aromatic hydroxyl groups is 1. The van der Waals surface area contributed by atoms with Gasteiger partial charge < -0.3 is 15.2 Å². The Hall–Kier alpha value is -1.26. The smallest absolute Gasteiger partial charge is 0.255 e. The second-order valence-corrected chi connectivity index (χ2v) is 4.37. The van der Waals surface area contributed by atoms with Crippen molar-refractivity contribution in [3.63, 3.8) is 0 Å². The largest absolute Gasteiger partial charge is 0.507 e. The molecule has 0 radical (unpaired) electrons. The standard InChI is InChI=1S/C12H16ClNO3/c1-8(7-17-2)6-14-12(16)10-5-9(13)3-4-11(10)15/h3-5,8,15H,6-7H2,1-2H3,(H,14,16). The number of carbonyl (C=O) groups is 1. The summed E-state index contributed by atoms with van der Waals surface area (Å²) in [5.41, 5.74) is 0.183. The quantitative estimate of drug-likeness (QED) is 0.849. The monoisotopic (exact) mass is 257 g/mol. The highest BCUT2D eigenvalue weighted by atomic mass is 35.5. The first-order chi connectivity index (χ1) is 8.04. The van der Waals surface area contributed by atoms with Crippen molar-refractivity contribution in [1.82, 2.24) is 5.32 Å². The summed E-state index contributed by atoms with van der Waals surface area (Å²) in [4.78, 5) is 11.8. The molecule has 1 unspecified atom stereocenters. The van der Waals surface area contributed by atoms with E-state index >= 15 is 0 Å². The molecule has 1 amide bonds. The van der Waals surface area contributed by atoms with Crippen LogP contribution in [0.15, 0.2) is 18.2 Å². The fourth-order valence-corrected chi connectivity index (χ4v) is 1.57. The normalized spacial score (nSPS) is 12.2. The third kappa shape index (κ3) is 4.24. The highest BCUT2D eigenvalue weighted by Crippen LogP contribution is 2.21. The van der Waals surface area contributed by atoms with Crippen LogP contribution in [0.1, 0.15) is 17.3 Å². The van der Waals surface area contributed by atoms with Crippen LogP contribution < -0.4 is 5.32 Å². The van der Waals surface area contributed by atoms with E-state index in [1.54, 1.807) is 7.11 Å². The maximum Gasteiger partial charge on any atom is 0.255 e. The average molecular weight is 258 g/mol. The molecule has 1 aromatic rings. The molecule has 0 saturated carbocycles. The number of phenols is 1. The van der Waals surface area contributed by atoms with Gasteiger partial charge in [0.25, 0.3) is 5.91 Å². The molecule has 0 aliphatic heterocycles. The van der Waals surface area contributed by atoms with Crippen molar-refractivity contribution in [3.8, 4) is 5.75 Å². The van der Waals surface area contributed by atoms with Crippen LogP contribution in [0.5, 0.6) is 5.75 Å². The molecule has 0 heterocycles. The Morgan fingerprint density at radius 2 is 2.29 bits per heavy atom. The van der Waals surface area contributed by atoms with Crippen LogP contribution >= 0.6 is 11.6 Å². The zero-order valence-electron chi connectivity index (χ0n) is 9.87. The first-order valence-electron chi connectivity index (χ1n) is 5.30. The number of nitrogens with one attached hydrogen (secondary N) is 1. The van der Waals surface area contributed by atoms with Gasteiger partial charge in [0, 0.05) is 18.7 Å². The number of hydrogen-bond acceptors (Lipinski definition) is 3. The Balaban J connectivity index is 2.61. The molecular weight excluding hydrogens is 242 g/mol. The van der Waals surface area contributed by atoms with Crippen LogP contribution in [-0.4, -0.2) is 31.3 Å². The van der Waals surface area contributed by atoms with Crippen molar-refractivity contribution < 1.29 is 14.6 Å². The molecule has 94 valence electrons. The Kier molecular flexibility index (Phi) is 5.25. The molecule has 4 nitrogen and oxygen atoms in total. The van der Waals surface area contributed by atoms with Gasteiger partial charge in [-0.25, -0.2) is 0 Å². The number of benzene rings is 1. The minimum atomic E-state index is -0.340. The van der Waals surface area contributed by atoms with Gasteiger partial charge in [-0.1, -0.05) is 18.5 Å². The number of methoxy groups -OCH3 is 1. The van der Waals surface area contributed by atoms with Gasteiger partial charge in [-0.05, 0) is 24.1 Å². The molecule has 1 atom stereocenters. The zero-order valence-corrected chi connectivity index (χ0v) is 10.6. The summed E-state index contributed by atoms with van der Waals surface area (Å²) in [5.74, 6) is -0.204. The van der Waals surface area contributed by atoms with Crippen molar-refractivity contribution in [2.75, 3.05) is 20.3 Å². The molecule has 0 fully saturated rings. The molecule has 0 aliphatic rings. The molecule has 1 rings (SSSR count). The van der Waals surface area contributed by atoms with Gasteiger partial charge in [0.15, 0.2) is 0 Å². The number of amides is 1. The number of rotatable bonds is 5. The predicted molar refractivity (Wildman–Crippen MR) is 66.5 cm³/mol. The summed E-state index contributed by atoms with van der Waals surface area (Å²) in [6.45, 7) is 3.02. The van der Waals surface area contributed by atoms with Crippen LogP contribution in [0.4, 0.5) is 0 Å². The van der Waals surface area contributed by atoms with E-state index in [0.29, 0.717) is 18.2 Å². The average Bonchev–Trinajstić information content (AvgIpc) is 2.29. The number of hydrogen-bond donors (Lipinski definition) is 2. The lowest BCUT2D eigenvalue weighted by Crippen LogP contribution is -2.29. The summed E-state index contributed by atoms with van der Waals surface area (Å²) in [7, 11) is 1.61. The SMILES string of the molecule is COCC(C)CNC(=O)c1cc(Cl)ccc1O. The molecule has 17 heavy (non-hydrogen) atoms. The van der Waals surface area contributed by atoms with Crippen LogP contribution in [0.3, 0.4) is 0 Å². The van der Waals surface area contributed by atoms with Gasteiger partial charge in [-0.2, -0.15) is 0 Å². The topological polar surface area (TPSA) is 58.6 Å². The predicted octanol–water partition coefficient (Wildman–Crippen LogP) is 2.06. The van der Waals surface area contributed by atoms with E-state index in [-0.39, 0.29) is 23.1 Å². The Morgan fingerprint density at radius 3 is 2.94 bits per heavy atom.